The summed E-state index contributed by atoms with van der Waals surface area (Å²) in [6.07, 6.45) is 1.14. The SMILES string of the molecule is CC1Cc2ccccc2C1=NC(C)(C)C. The summed E-state index contributed by atoms with van der Waals surface area (Å²) in [5.74, 6) is 0.571. The highest BCUT2D eigenvalue weighted by molar-refractivity contribution is 6.06. The van der Waals surface area contributed by atoms with Crippen LogP contribution in [0.25, 0.3) is 0 Å². The predicted molar refractivity (Wildman–Crippen MR) is 65.6 cm³/mol. The van der Waals surface area contributed by atoms with Crippen molar-refractivity contribution in [3.8, 4) is 0 Å². The van der Waals surface area contributed by atoms with E-state index in [0.717, 1.165) is 6.42 Å². The maximum atomic E-state index is 4.85. The van der Waals surface area contributed by atoms with E-state index in [0.29, 0.717) is 5.92 Å². The maximum absolute atomic E-state index is 4.85. The van der Waals surface area contributed by atoms with E-state index in [4.69, 9.17) is 4.99 Å². The van der Waals surface area contributed by atoms with Crippen molar-refractivity contribution < 1.29 is 0 Å². The Morgan fingerprint density at radius 3 is 2.53 bits per heavy atom. The van der Waals surface area contributed by atoms with Crippen LogP contribution < -0.4 is 0 Å². The van der Waals surface area contributed by atoms with Crippen molar-refractivity contribution in [1.29, 1.82) is 0 Å². The summed E-state index contributed by atoms with van der Waals surface area (Å²) in [4.78, 5) is 4.85. The molecule has 0 bridgehead atoms. The molecule has 0 N–H and O–H groups in total. The third-order valence-electron chi connectivity index (χ3n) is 2.74. The minimum absolute atomic E-state index is 0.0288. The van der Waals surface area contributed by atoms with Gasteiger partial charge in [-0.15, -0.1) is 0 Å². The molecule has 15 heavy (non-hydrogen) atoms. The van der Waals surface area contributed by atoms with Gasteiger partial charge in [0.1, 0.15) is 0 Å². The number of fused-ring (bicyclic) bond motifs is 1. The number of hydrogen-bond donors (Lipinski definition) is 0. The van der Waals surface area contributed by atoms with Gasteiger partial charge >= 0.3 is 0 Å². The standard InChI is InChI=1S/C14H19N/c1-10-9-11-7-5-6-8-12(11)13(10)15-14(2,3)4/h5-8,10H,9H2,1-4H3. The van der Waals surface area contributed by atoms with Crippen LogP contribution in [0.2, 0.25) is 0 Å². The smallest absolute Gasteiger partial charge is 0.0527 e. The highest BCUT2D eigenvalue weighted by Crippen LogP contribution is 2.28. The highest BCUT2D eigenvalue weighted by atomic mass is 14.8. The molecule has 0 spiro atoms. The van der Waals surface area contributed by atoms with Gasteiger partial charge in [0.2, 0.25) is 0 Å². The number of benzene rings is 1. The summed E-state index contributed by atoms with van der Waals surface area (Å²) < 4.78 is 0. The molecule has 0 radical (unpaired) electrons. The van der Waals surface area contributed by atoms with Crippen molar-refractivity contribution >= 4 is 5.71 Å². The van der Waals surface area contributed by atoms with Crippen LogP contribution in [0.5, 0.6) is 0 Å². The van der Waals surface area contributed by atoms with E-state index in [9.17, 15) is 0 Å². The predicted octanol–water partition coefficient (Wildman–Crippen LogP) is 3.47. The van der Waals surface area contributed by atoms with Gasteiger partial charge in [-0.25, -0.2) is 0 Å². The molecule has 1 aliphatic rings. The molecule has 1 aromatic rings. The van der Waals surface area contributed by atoms with Crippen LogP contribution in [0.4, 0.5) is 0 Å². The third kappa shape index (κ3) is 2.11. The zero-order valence-corrected chi connectivity index (χ0v) is 10.0. The molecule has 80 valence electrons. The molecule has 1 atom stereocenters. The van der Waals surface area contributed by atoms with Crippen LogP contribution in [-0.2, 0) is 6.42 Å². The Hall–Kier alpha value is -1.11. The van der Waals surface area contributed by atoms with Gasteiger partial charge in [0.25, 0.3) is 0 Å². The first kappa shape index (κ1) is 10.4. The van der Waals surface area contributed by atoms with Crippen LogP contribution in [0.15, 0.2) is 29.3 Å². The topological polar surface area (TPSA) is 12.4 Å². The average molecular weight is 201 g/mol. The lowest BCUT2D eigenvalue weighted by Gasteiger charge is -2.16. The molecule has 0 amide bonds. The monoisotopic (exact) mass is 201 g/mol. The van der Waals surface area contributed by atoms with Crippen molar-refractivity contribution in [3.63, 3.8) is 0 Å². The van der Waals surface area contributed by atoms with Crippen molar-refractivity contribution in [1.82, 2.24) is 0 Å². The Morgan fingerprint density at radius 1 is 1.20 bits per heavy atom. The largest absolute Gasteiger partial charge is 0.283 e. The molecule has 1 unspecified atom stereocenters. The molecule has 1 aromatic carbocycles. The highest BCUT2D eigenvalue weighted by Gasteiger charge is 2.25. The molecule has 0 heterocycles. The fourth-order valence-electron chi connectivity index (χ4n) is 2.17. The van der Waals surface area contributed by atoms with Gasteiger partial charge in [-0.3, -0.25) is 4.99 Å². The molecule has 1 aliphatic carbocycles. The lowest BCUT2D eigenvalue weighted by molar-refractivity contribution is 0.577. The molecule has 1 nitrogen and oxygen atoms in total. The third-order valence-corrected chi connectivity index (χ3v) is 2.74. The van der Waals surface area contributed by atoms with E-state index in [1.165, 1.54) is 16.8 Å². The molecule has 0 aliphatic heterocycles. The van der Waals surface area contributed by atoms with E-state index in [-0.39, 0.29) is 5.54 Å². The van der Waals surface area contributed by atoms with E-state index in [2.05, 4.69) is 52.0 Å². The first-order chi connectivity index (χ1) is 6.97. The van der Waals surface area contributed by atoms with Crippen LogP contribution >= 0.6 is 0 Å². The molecule has 0 saturated carbocycles. The molecule has 1 heteroatoms. The summed E-state index contributed by atoms with van der Waals surface area (Å²) in [6, 6.07) is 8.64. The minimum Gasteiger partial charge on any atom is -0.283 e. The van der Waals surface area contributed by atoms with Gasteiger partial charge in [0.05, 0.1) is 5.54 Å². The van der Waals surface area contributed by atoms with Gasteiger partial charge in [-0.05, 0) is 38.3 Å². The summed E-state index contributed by atoms with van der Waals surface area (Å²) in [5, 5.41) is 0. The van der Waals surface area contributed by atoms with Gasteiger partial charge in [-0.1, -0.05) is 31.2 Å². The van der Waals surface area contributed by atoms with Crippen LogP contribution in [0.1, 0.15) is 38.8 Å². The van der Waals surface area contributed by atoms with E-state index in [1.807, 2.05) is 0 Å². The minimum atomic E-state index is 0.0288. The molecule has 0 saturated heterocycles. The lowest BCUT2D eigenvalue weighted by atomic mass is 10.0. The second kappa shape index (κ2) is 3.48. The lowest BCUT2D eigenvalue weighted by Crippen LogP contribution is -2.17. The quantitative estimate of drug-likeness (QED) is 0.609. The fraction of sp³-hybridized carbons (Fsp3) is 0.500. The van der Waals surface area contributed by atoms with Crippen molar-refractivity contribution in [2.75, 3.05) is 0 Å². The van der Waals surface area contributed by atoms with Crippen LogP contribution in [0.3, 0.4) is 0 Å². The van der Waals surface area contributed by atoms with Crippen LogP contribution in [-0.4, -0.2) is 11.3 Å². The van der Waals surface area contributed by atoms with E-state index < -0.39 is 0 Å². The van der Waals surface area contributed by atoms with Crippen molar-refractivity contribution in [2.24, 2.45) is 10.9 Å². The Morgan fingerprint density at radius 2 is 1.87 bits per heavy atom. The van der Waals surface area contributed by atoms with Gasteiger partial charge < -0.3 is 0 Å². The molecular formula is C14H19N. The zero-order chi connectivity index (χ0) is 11.1. The van der Waals surface area contributed by atoms with E-state index in [1.54, 1.807) is 0 Å². The number of nitrogens with zero attached hydrogens (tertiary/aromatic N) is 1. The van der Waals surface area contributed by atoms with Crippen LogP contribution in [0, 0.1) is 5.92 Å². The maximum Gasteiger partial charge on any atom is 0.0527 e. The first-order valence-electron chi connectivity index (χ1n) is 5.65. The van der Waals surface area contributed by atoms with Gasteiger partial charge in [0, 0.05) is 11.6 Å². The molecular weight excluding hydrogens is 182 g/mol. The normalized spacial score (nSPS) is 23.2. The Labute approximate surface area is 92.2 Å². The van der Waals surface area contributed by atoms with Gasteiger partial charge in [-0.2, -0.15) is 0 Å². The number of rotatable bonds is 0. The second-order valence-electron chi connectivity index (χ2n) is 5.43. The van der Waals surface area contributed by atoms with Crippen molar-refractivity contribution in [2.45, 2.75) is 39.7 Å². The molecule has 0 fully saturated rings. The average Bonchev–Trinajstić information content (AvgIpc) is 2.41. The summed E-state index contributed by atoms with van der Waals surface area (Å²) in [7, 11) is 0. The number of hydrogen-bond acceptors (Lipinski definition) is 1. The Bertz CT molecular complexity index is 396. The van der Waals surface area contributed by atoms with E-state index >= 15 is 0 Å². The Kier molecular flexibility index (Phi) is 2.41. The summed E-state index contributed by atoms with van der Waals surface area (Å²) in [6.45, 7) is 8.75. The summed E-state index contributed by atoms with van der Waals surface area (Å²) in [5.41, 5.74) is 4.13. The fourth-order valence-corrected chi connectivity index (χ4v) is 2.17. The second-order valence-corrected chi connectivity index (χ2v) is 5.43. The Balaban J connectivity index is 2.47. The zero-order valence-electron chi connectivity index (χ0n) is 10.0. The molecule has 2 rings (SSSR count). The number of aliphatic imine (C=N–C) groups is 1. The van der Waals surface area contributed by atoms with Crippen molar-refractivity contribution in [3.05, 3.63) is 35.4 Å². The first-order valence-corrected chi connectivity index (χ1v) is 5.65. The molecule has 0 aromatic heterocycles. The summed E-state index contributed by atoms with van der Waals surface area (Å²) >= 11 is 0. The van der Waals surface area contributed by atoms with Gasteiger partial charge in [0.15, 0.2) is 0 Å².